The summed E-state index contributed by atoms with van der Waals surface area (Å²) in [5, 5.41) is 3.64. The lowest BCUT2D eigenvalue weighted by Gasteiger charge is -2.18. The van der Waals surface area contributed by atoms with E-state index in [1.165, 1.54) is 35.6 Å². The first-order valence-electron chi connectivity index (χ1n) is 7.55. The number of hydrogen-bond acceptors (Lipinski definition) is 3. The molecule has 0 saturated heterocycles. The smallest absolute Gasteiger partial charge is 0.0419 e. The van der Waals surface area contributed by atoms with Crippen molar-refractivity contribution in [2.45, 2.75) is 52.5 Å². The zero-order valence-electron chi connectivity index (χ0n) is 12.6. The third-order valence-corrected chi connectivity index (χ3v) is 4.44. The van der Waals surface area contributed by atoms with Gasteiger partial charge in [0.2, 0.25) is 0 Å². The van der Waals surface area contributed by atoms with Crippen molar-refractivity contribution in [1.29, 1.82) is 0 Å². The lowest BCUT2D eigenvalue weighted by atomic mass is 10.1. The van der Waals surface area contributed by atoms with E-state index in [0.717, 1.165) is 19.4 Å². The van der Waals surface area contributed by atoms with Crippen LogP contribution in [0.4, 0.5) is 0 Å². The van der Waals surface area contributed by atoms with Crippen LogP contribution in [-0.4, -0.2) is 29.1 Å². The van der Waals surface area contributed by atoms with Crippen LogP contribution in [0.3, 0.4) is 0 Å². The second-order valence-electron chi connectivity index (χ2n) is 4.94. The predicted octanol–water partition coefficient (Wildman–Crippen LogP) is 3.70. The van der Waals surface area contributed by atoms with Gasteiger partial charge in [-0.2, -0.15) is 11.8 Å². The van der Waals surface area contributed by atoms with Crippen molar-refractivity contribution < 1.29 is 0 Å². The van der Waals surface area contributed by atoms with Crippen molar-refractivity contribution in [3.8, 4) is 0 Å². The van der Waals surface area contributed by atoms with Crippen molar-refractivity contribution in [3.63, 3.8) is 0 Å². The highest BCUT2D eigenvalue weighted by Crippen LogP contribution is 2.10. The van der Waals surface area contributed by atoms with E-state index in [1.807, 2.05) is 18.0 Å². The van der Waals surface area contributed by atoms with Crippen LogP contribution in [0.2, 0.25) is 0 Å². The molecule has 0 aliphatic rings. The number of hydrogen-bond donors (Lipinski definition) is 1. The molecule has 1 atom stereocenters. The van der Waals surface area contributed by atoms with Gasteiger partial charge in [0.15, 0.2) is 0 Å². The first-order valence-corrected chi connectivity index (χ1v) is 8.70. The Bertz CT molecular complexity index is 324. The molecule has 2 nitrogen and oxygen atoms in total. The SMILES string of the molecule is CCCNC(CSCCC)Cc1ccc(CC)cn1. The van der Waals surface area contributed by atoms with E-state index in [-0.39, 0.29) is 0 Å². The van der Waals surface area contributed by atoms with Crippen molar-refractivity contribution in [2.75, 3.05) is 18.1 Å². The lowest BCUT2D eigenvalue weighted by molar-refractivity contribution is 0.545. The van der Waals surface area contributed by atoms with E-state index in [0.29, 0.717) is 6.04 Å². The van der Waals surface area contributed by atoms with Gasteiger partial charge in [0.25, 0.3) is 0 Å². The van der Waals surface area contributed by atoms with Gasteiger partial charge in [0.05, 0.1) is 0 Å². The van der Waals surface area contributed by atoms with Gasteiger partial charge >= 0.3 is 0 Å². The van der Waals surface area contributed by atoms with Gasteiger partial charge in [-0.15, -0.1) is 0 Å². The second-order valence-corrected chi connectivity index (χ2v) is 6.09. The Morgan fingerprint density at radius 1 is 1.21 bits per heavy atom. The molecule has 0 saturated carbocycles. The summed E-state index contributed by atoms with van der Waals surface area (Å²) >= 11 is 2.05. The molecule has 3 heteroatoms. The van der Waals surface area contributed by atoms with Gasteiger partial charge < -0.3 is 5.32 Å². The minimum atomic E-state index is 0.552. The minimum Gasteiger partial charge on any atom is -0.313 e. The van der Waals surface area contributed by atoms with Crippen molar-refractivity contribution in [1.82, 2.24) is 10.3 Å². The highest BCUT2D eigenvalue weighted by molar-refractivity contribution is 7.99. The Balaban J connectivity index is 2.48. The van der Waals surface area contributed by atoms with Gasteiger partial charge in [-0.05, 0) is 43.2 Å². The molecule has 0 amide bonds. The Hall–Kier alpha value is -0.540. The number of aromatic nitrogens is 1. The molecule has 1 rings (SSSR count). The average molecular weight is 280 g/mol. The maximum absolute atomic E-state index is 4.58. The zero-order chi connectivity index (χ0) is 13.9. The molecular formula is C16H28N2S. The summed E-state index contributed by atoms with van der Waals surface area (Å²) in [5.74, 6) is 2.44. The maximum atomic E-state index is 4.58. The third kappa shape index (κ3) is 6.98. The number of nitrogens with zero attached hydrogens (tertiary/aromatic N) is 1. The zero-order valence-corrected chi connectivity index (χ0v) is 13.4. The second kappa shape index (κ2) is 10.3. The van der Waals surface area contributed by atoms with Crippen LogP contribution in [0.15, 0.2) is 18.3 Å². The molecule has 0 fully saturated rings. The van der Waals surface area contributed by atoms with Crippen molar-refractivity contribution in [3.05, 3.63) is 29.6 Å². The molecule has 1 unspecified atom stereocenters. The average Bonchev–Trinajstić information content (AvgIpc) is 2.45. The fourth-order valence-corrected chi connectivity index (χ4v) is 2.92. The molecule has 0 aromatic carbocycles. The summed E-state index contributed by atoms with van der Waals surface area (Å²) in [4.78, 5) is 4.58. The normalized spacial score (nSPS) is 12.6. The topological polar surface area (TPSA) is 24.9 Å². The summed E-state index contributed by atoms with van der Waals surface area (Å²) < 4.78 is 0. The lowest BCUT2D eigenvalue weighted by Crippen LogP contribution is -2.34. The van der Waals surface area contributed by atoms with Gasteiger partial charge in [0, 0.05) is 30.1 Å². The van der Waals surface area contributed by atoms with Crippen LogP contribution in [0.5, 0.6) is 0 Å². The van der Waals surface area contributed by atoms with Gasteiger partial charge in [0.1, 0.15) is 0 Å². The fraction of sp³-hybridized carbons (Fsp3) is 0.688. The fourth-order valence-electron chi connectivity index (χ4n) is 1.95. The summed E-state index contributed by atoms with van der Waals surface area (Å²) in [6, 6.07) is 4.94. The van der Waals surface area contributed by atoms with Crippen molar-refractivity contribution >= 4 is 11.8 Å². The highest BCUT2D eigenvalue weighted by atomic mass is 32.2. The molecule has 1 N–H and O–H groups in total. The van der Waals surface area contributed by atoms with Gasteiger partial charge in [-0.1, -0.05) is 26.8 Å². The molecule has 0 spiro atoms. The Morgan fingerprint density at radius 2 is 2.05 bits per heavy atom. The monoisotopic (exact) mass is 280 g/mol. The van der Waals surface area contributed by atoms with E-state index < -0.39 is 0 Å². The number of pyridine rings is 1. The molecule has 0 radical (unpaired) electrons. The Labute approximate surface area is 122 Å². The molecule has 0 aliphatic heterocycles. The predicted molar refractivity (Wildman–Crippen MR) is 87.0 cm³/mol. The Kier molecular flexibility index (Phi) is 8.93. The molecule has 19 heavy (non-hydrogen) atoms. The first-order chi connectivity index (χ1) is 9.30. The van der Waals surface area contributed by atoms with E-state index >= 15 is 0 Å². The van der Waals surface area contributed by atoms with E-state index in [1.54, 1.807) is 0 Å². The molecule has 1 heterocycles. The number of rotatable bonds is 10. The number of thioether (sulfide) groups is 1. The molecule has 0 aliphatic carbocycles. The van der Waals surface area contributed by atoms with Crippen LogP contribution in [-0.2, 0) is 12.8 Å². The molecule has 1 aromatic heterocycles. The van der Waals surface area contributed by atoms with Crippen molar-refractivity contribution in [2.24, 2.45) is 0 Å². The summed E-state index contributed by atoms with van der Waals surface area (Å²) in [6.07, 6.45) is 6.58. The summed E-state index contributed by atoms with van der Waals surface area (Å²) in [5.41, 5.74) is 2.53. The molecule has 108 valence electrons. The van der Waals surface area contributed by atoms with E-state index in [9.17, 15) is 0 Å². The van der Waals surface area contributed by atoms with Crippen LogP contribution in [0.1, 0.15) is 44.9 Å². The summed E-state index contributed by atoms with van der Waals surface area (Å²) in [6.45, 7) is 7.73. The van der Waals surface area contributed by atoms with Crippen LogP contribution < -0.4 is 5.32 Å². The van der Waals surface area contributed by atoms with Gasteiger partial charge in [-0.25, -0.2) is 0 Å². The molecule has 1 aromatic rings. The Morgan fingerprint density at radius 3 is 2.63 bits per heavy atom. The maximum Gasteiger partial charge on any atom is 0.0419 e. The quantitative estimate of drug-likeness (QED) is 0.662. The third-order valence-electron chi connectivity index (χ3n) is 3.10. The first kappa shape index (κ1) is 16.5. The van der Waals surface area contributed by atoms with Crippen LogP contribution in [0.25, 0.3) is 0 Å². The summed E-state index contributed by atoms with van der Waals surface area (Å²) in [7, 11) is 0. The van der Waals surface area contributed by atoms with Crippen LogP contribution >= 0.6 is 11.8 Å². The molecular weight excluding hydrogens is 252 g/mol. The van der Waals surface area contributed by atoms with Crippen LogP contribution in [0, 0.1) is 0 Å². The van der Waals surface area contributed by atoms with E-state index in [4.69, 9.17) is 0 Å². The largest absolute Gasteiger partial charge is 0.313 e. The number of aryl methyl sites for hydroxylation is 1. The number of nitrogens with one attached hydrogen (secondary N) is 1. The van der Waals surface area contributed by atoms with Gasteiger partial charge in [-0.3, -0.25) is 4.98 Å². The molecule has 0 bridgehead atoms. The minimum absolute atomic E-state index is 0.552. The highest BCUT2D eigenvalue weighted by Gasteiger charge is 2.09. The standard InChI is InChI=1S/C16H28N2S/c1-4-9-17-16(13-19-10-5-2)11-15-8-7-14(6-3)12-18-15/h7-8,12,16-17H,4-6,9-11,13H2,1-3H3. The van der Waals surface area contributed by atoms with E-state index in [2.05, 4.69) is 43.2 Å².